The minimum absolute atomic E-state index is 0.0287. The first-order valence-corrected chi connectivity index (χ1v) is 8.07. The molecule has 3 aromatic rings. The van der Waals surface area contributed by atoms with Gasteiger partial charge in [0, 0.05) is 31.5 Å². The summed E-state index contributed by atoms with van der Waals surface area (Å²) < 4.78 is 1.90. The maximum absolute atomic E-state index is 12.7. The number of hydrogen-bond acceptors (Lipinski definition) is 2. The van der Waals surface area contributed by atoms with Gasteiger partial charge in [-0.15, -0.1) is 0 Å². The number of amides is 1. The molecule has 4 rings (SSSR count). The van der Waals surface area contributed by atoms with Gasteiger partial charge in [-0.3, -0.25) is 9.48 Å². The highest BCUT2D eigenvalue weighted by Crippen LogP contribution is 2.32. The van der Waals surface area contributed by atoms with Crippen molar-refractivity contribution in [2.45, 2.75) is 31.8 Å². The SMILES string of the molecule is CN(Cc1ccc2cc[nH]c2c1)C(=O)c1ccnn1C1CCC1. The molecule has 1 aliphatic rings. The third-order valence-electron chi connectivity index (χ3n) is 4.70. The van der Waals surface area contributed by atoms with Gasteiger partial charge >= 0.3 is 0 Å². The number of aromatic amines is 1. The van der Waals surface area contributed by atoms with Gasteiger partial charge in [0.2, 0.25) is 0 Å². The molecule has 118 valence electrons. The second kappa shape index (κ2) is 5.57. The van der Waals surface area contributed by atoms with Crippen molar-refractivity contribution < 1.29 is 4.79 Å². The topological polar surface area (TPSA) is 53.9 Å². The lowest BCUT2D eigenvalue weighted by molar-refractivity contribution is 0.0765. The van der Waals surface area contributed by atoms with E-state index in [0.29, 0.717) is 18.3 Å². The number of aromatic nitrogens is 3. The second-order valence-electron chi connectivity index (χ2n) is 6.31. The Morgan fingerprint density at radius 3 is 3.00 bits per heavy atom. The van der Waals surface area contributed by atoms with Crippen molar-refractivity contribution in [1.82, 2.24) is 19.7 Å². The van der Waals surface area contributed by atoms with E-state index in [-0.39, 0.29) is 5.91 Å². The summed E-state index contributed by atoms with van der Waals surface area (Å²) in [6, 6.07) is 10.5. The molecule has 0 unspecified atom stereocenters. The van der Waals surface area contributed by atoms with Crippen LogP contribution in [0, 0.1) is 0 Å². The highest BCUT2D eigenvalue weighted by molar-refractivity contribution is 5.92. The van der Waals surface area contributed by atoms with Crippen LogP contribution in [0.25, 0.3) is 10.9 Å². The van der Waals surface area contributed by atoms with Crippen LogP contribution in [-0.2, 0) is 6.54 Å². The molecule has 0 radical (unpaired) electrons. The molecule has 2 heterocycles. The van der Waals surface area contributed by atoms with Gasteiger partial charge < -0.3 is 9.88 Å². The van der Waals surface area contributed by atoms with Crippen LogP contribution in [-0.4, -0.2) is 32.6 Å². The zero-order valence-corrected chi connectivity index (χ0v) is 13.2. The lowest BCUT2D eigenvalue weighted by Crippen LogP contribution is -2.31. The number of rotatable bonds is 4. The van der Waals surface area contributed by atoms with E-state index < -0.39 is 0 Å². The zero-order valence-electron chi connectivity index (χ0n) is 13.2. The number of nitrogens with one attached hydrogen (secondary N) is 1. The minimum atomic E-state index is 0.0287. The van der Waals surface area contributed by atoms with Crippen molar-refractivity contribution in [2.24, 2.45) is 0 Å². The molecule has 1 fully saturated rings. The van der Waals surface area contributed by atoms with Gasteiger partial charge in [-0.05, 0) is 48.4 Å². The Balaban J connectivity index is 1.52. The molecule has 5 heteroatoms. The van der Waals surface area contributed by atoms with Crippen LogP contribution in [0.5, 0.6) is 0 Å². The maximum Gasteiger partial charge on any atom is 0.272 e. The third-order valence-corrected chi connectivity index (χ3v) is 4.70. The number of nitrogens with zero attached hydrogens (tertiary/aromatic N) is 3. The molecule has 1 aromatic carbocycles. The summed E-state index contributed by atoms with van der Waals surface area (Å²) in [5.41, 5.74) is 2.91. The van der Waals surface area contributed by atoms with Crippen LogP contribution in [0.4, 0.5) is 0 Å². The van der Waals surface area contributed by atoms with E-state index in [1.54, 1.807) is 11.1 Å². The summed E-state index contributed by atoms with van der Waals surface area (Å²) in [6.07, 6.45) is 7.12. The molecule has 0 aliphatic heterocycles. The molecule has 0 spiro atoms. The Bertz CT molecular complexity index is 843. The predicted molar refractivity (Wildman–Crippen MR) is 89.2 cm³/mol. The molecule has 1 aliphatic carbocycles. The number of fused-ring (bicyclic) bond motifs is 1. The van der Waals surface area contributed by atoms with Crippen LogP contribution in [0.1, 0.15) is 41.4 Å². The van der Waals surface area contributed by atoms with Gasteiger partial charge in [-0.25, -0.2) is 0 Å². The molecule has 0 saturated heterocycles. The second-order valence-corrected chi connectivity index (χ2v) is 6.31. The molecule has 23 heavy (non-hydrogen) atoms. The Morgan fingerprint density at radius 2 is 2.22 bits per heavy atom. The average molecular weight is 308 g/mol. The molecular weight excluding hydrogens is 288 g/mol. The Labute approximate surface area is 134 Å². The molecule has 1 amide bonds. The van der Waals surface area contributed by atoms with Gasteiger partial charge in [0.1, 0.15) is 5.69 Å². The van der Waals surface area contributed by atoms with Gasteiger partial charge in [0.15, 0.2) is 0 Å². The van der Waals surface area contributed by atoms with Crippen LogP contribution >= 0.6 is 0 Å². The largest absolute Gasteiger partial charge is 0.361 e. The quantitative estimate of drug-likeness (QED) is 0.803. The summed E-state index contributed by atoms with van der Waals surface area (Å²) >= 11 is 0. The number of carbonyl (C=O) groups excluding carboxylic acids is 1. The maximum atomic E-state index is 12.7. The highest BCUT2D eigenvalue weighted by Gasteiger charge is 2.25. The molecule has 0 atom stereocenters. The van der Waals surface area contributed by atoms with E-state index in [0.717, 1.165) is 23.9 Å². The fraction of sp³-hybridized carbons (Fsp3) is 0.333. The van der Waals surface area contributed by atoms with E-state index in [9.17, 15) is 4.79 Å². The number of hydrogen-bond donors (Lipinski definition) is 1. The molecule has 2 aromatic heterocycles. The molecule has 1 saturated carbocycles. The van der Waals surface area contributed by atoms with Crippen LogP contribution in [0.2, 0.25) is 0 Å². The summed E-state index contributed by atoms with van der Waals surface area (Å²) in [7, 11) is 1.85. The first kappa shape index (κ1) is 14.1. The third kappa shape index (κ3) is 2.52. The van der Waals surface area contributed by atoms with Gasteiger partial charge in [-0.1, -0.05) is 12.1 Å². The Kier molecular flexibility index (Phi) is 3.41. The van der Waals surface area contributed by atoms with Gasteiger partial charge in [0.05, 0.1) is 6.04 Å². The smallest absolute Gasteiger partial charge is 0.272 e. The summed E-state index contributed by atoms with van der Waals surface area (Å²) in [4.78, 5) is 17.7. The fourth-order valence-electron chi connectivity index (χ4n) is 3.14. The number of H-pyrrole nitrogens is 1. The lowest BCUT2D eigenvalue weighted by atomic mass is 9.93. The van der Waals surface area contributed by atoms with Crippen LogP contribution in [0.3, 0.4) is 0 Å². The molecular formula is C18H20N4O. The molecule has 1 N–H and O–H groups in total. The van der Waals surface area contributed by atoms with Crippen LogP contribution < -0.4 is 0 Å². The van der Waals surface area contributed by atoms with Crippen molar-refractivity contribution in [3.8, 4) is 0 Å². The van der Waals surface area contributed by atoms with Crippen LogP contribution in [0.15, 0.2) is 42.7 Å². The van der Waals surface area contributed by atoms with E-state index >= 15 is 0 Å². The van der Waals surface area contributed by atoms with Gasteiger partial charge in [-0.2, -0.15) is 5.10 Å². The molecule has 5 nitrogen and oxygen atoms in total. The first-order chi connectivity index (χ1) is 11.2. The van der Waals surface area contributed by atoms with Crippen molar-refractivity contribution in [1.29, 1.82) is 0 Å². The average Bonchev–Trinajstić information content (AvgIpc) is 3.13. The summed E-state index contributed by atoms with van der Waals surface area (Å²) in [5.74, 6) is 0.0287. The van der Waals surface area contributed by atoms with Crippen molar-refractivity contribution in [3.05, 3.63) is 54.0 Å². The summed E-state index contributed by atoms with van der Waals surface area (Å²) in [5, 5.41) is 5.53. The molecule has 0 bridgehead atoms. The van der Waals surface area contributed by atoms with Crippen molar-refractivity contribution in [3.63, 3.8) is 0 Å². The van der Waals surface area contributed by atoms with Gasteiger partial charge in [0.25, 0.3) is 5.91 Å². The van der Waals surface area contributed by atoms with Crippen molar-refractivity contribution >= 4 is 16.8 Å². The Hall–Kier alpha value is -2.56. The van der Waals surface area contributed by atoms with E-state index in [2.05, 4.69) is 28.3 Å². The highest BCUT2D eigenvalue weighted by atomic mass is 16.2. The zero-order chi connectivity index (χ0) is 15.8. The number of benzene rings is 1. The standard InChI is InChI=1S/C18H20N4O/c1-21(12-13-5-6-14-7-9-19-16(14)11-13)18(23)17-8-10-20-22(17)15-3-2-4-15/h5-11,15,19H,2-4,12H2,1H3. The fourth-order valence-corrected chi connectivity index (χ4v) is 3.14. The monoisotopic (exact) mass is 308 g/mol. The lowest BCUT2D eigenvalue weighted by Gasteiger charge is -2.28. The van der Waals surface area contributed by atoms with Crippen molar-refractivity contribution in [2.75, 3.05) is 7.05 Å². The summed E-state index contributed by atoms with van der Waals surface area (Å²) in [6.45, 7) is 0.587. The minimum Gasteiger partial charge on any atom is -0.361 e. The Morgan fingerprint density at radius 1 is 1.35 bits per heavy atom. The van der Waals surface area contributed by atoms with E-state index in [1.807, 2.05) is 30.1 Å². The van der Waals surface area contributed by atoms with E-state index in [4.69, 9.17) is 0 Å². The predicted octanol–water partition coefficient (Wildman–Crippen LogP) is 3.36. The normalized spacial score (nSPS) is 14.8. The first-order valence-electron chi connectivity index (χ1n) is 8.07. The van der Waals surface area contributed by atoms with E-state index in [1.165, 1.54) is 11.8 Å². The number of carbonyl (C=O) groups is 1.